The molecule has 1 heterocycles. The van der Waals surface area contributed by atoms with Gasteiger partial charge >= 0.3 is 5.97 Å². The molecule has 1 aliphatic heterocycles. The maximum Gasteiger partial charge on any atom is 0.307 e. The molecule has 0 radical (unpaired) electrons. The fourth-order valence-electron chi connectivity index (χ4n) is 2.06. The average molecular weight is 242 g/mol. The van der Waals surface area contributed by atoms with Crippen molar-refractivity contribution < 1.29 is 14.7 Å². The van der Waals surface area contributed by atoms with Crippen molar-refractivity contribution in [3.8, 4) is 0 Å². The molecule has 1 fully saturated rings. The topological polar surface area (TPSA) is 69.6 Å². The minimum atomic E-state index is -0.758. The second kappa shape index (κ2) is 5.49. The lowest BCUT2D eigenvalue weighted by molar-refractivity contribution is -0.144. The Bertz CT molecular complexity index is 297. The van der Waals surface area contributed by atoms with E-state index in [-0.39, 0.29) is 17.4 Å². The van der Waals surface area contributed by atoms with Gasteiger partial charge in [-0.3, -0.25) is 14.5 Å². The van der Waals surface area contributed by atoms with Gasteiger partial charge in [-0.25, -0.2) is 0 Å². The number of carboxylic acids is 1. The number of aliphatic carboxylic acids is 1. The zero-order chi connectivity index (χ0) is 13.1. The zero-order valence-corrected chi connectivity index (χ0v) is 10.8. The minimum absolute atomic E-state index is 0.0384. The molecule has 1 unspecified atom stereocenters. The third-order valence-corrected chi connectivity index (χ3v) is 2.74. The third kappa shape index (κ3) is 5.17. The maximum absolute atomic E-state index is 11.7. The molecule has 0 spiro atoms. The molecule has 98 valence electrons. The van der Waals surface area contributed by atoms with Gasteiger partial charge in [-0.15, -0.1) is 0 Å². The monoisotopic (exact) mass is 242 g/mol. The number of carboxylic acid groups (broad SMARTS) is 1. The van der Waals surface area contributed by atoms with Crippen molar-refractivity contribution in [1.82, 2.24) is 10.2 Å². The van der Waals surface area contributed by atoms with Gasteiger partial charge in [-0.1, -0.05) is 0 Å². The smallest absolute Gasteiger partial charge is 0.307 e. The van der Waals surface area contributed by atoms with Gasteiger partial charge in [-0.2, -0.15) is 0 Å². The molecule has 0 aliphatic carbocycles. The number of nitrogens with one attached hydrogen (secondary N) is 1. The predicted octanol–water partition coefficient (Wildman–Crippen LogP) is 0.698. The van der Waals surface area contributed by atoms with E-state index in [2.05, 4.69) is 5.32 Å². The highest BCUT2D eigenvalue weighted by atomic mass is 16.4. The van der Waals surface area contributed by atoms with Gasteiger partial charge in [0.25, 0.3) is 0 Å². The Morgan fingerprint density at radius 3 is 2.59 bits per heavy atom. The summed E-state index contributed by atoms with van der Waals surface area (Å²) in [5.41, 5.74) is -0.237. The summed E-state index contributed by atoms with van der Waals surface area (Å²) in [6.45, 7) is 7.37. The van der Waals surface area contributed by atoms with Crippen molar-refractivity contribution in [2.24, 2.45) is 5.92 Å². The van der Waals surface area contributed by atoms with Gasteiger partial charge < -0.3 is 10.4 Å². The molecule has 0 saturated carbocycles. The molecule has 0 aromatic rings. The van der Waals surface area contributed by atoms with Crippen LogP contribution in [-0.2, 0) is 9.59 Å². The number of carbonyl (C=O) groups excluding carboxylic acids is 1. The summed E-state index contributed by atoms with van der Waals surface area (Å²) >= 11 is 0. The van der Waals surface area contributed by atoms with Crippen LogP contribution in [0.15, 0.2) is 0 Å². The van der Waals surface area contributed by atoms with Crippen molar-refractivity contribution in [2.45, 2.75) is 39.2 Å². The first-order chi connectivity index (χ1) is 7.78. The lowest BCUT2D eigenvalue weighted by Gasteiger charge is -2.31. The Kier molecular flexibility index (Phi) is 4.51. The molecule has 0 aromatic carbocycles. The Labute approximate surface area is 102 Å². The lowest BCUT2D eigenvalue weighted by Crippen LogP contribution is -2.48. The largest absolute Gasteiger partial charge is 0.481 e. The van der Waals surface area contributed by atoms with E-state index >= 15 is 0 Å². The summed E-state index contributed by atoms with van der Waals surface area (Å²) in [4.78, 5) is 24.5. The third-order valence-electron chi connectivity index (χ3n) is 2.74. The van der Waals surface area contributed by atoms with Gasteiger partial charge in [0, 0.05) is 12.1 Å². The number of hydrogen-bond donors (Lipinski definition) is 2. The fraction of sp³-hybridized carbons (Fsp3) is 0.833. The van der Waals surface area contributed by atoms with E-state index in [1.807, 2.05) is 25.7 Å². The van der Waals surface area contributed by atoms with Crippen molar-refractivity contribution in [2.75, 3.05) is 19.6 Å². The number of hydrogen-bond acceptors (Lipinski definition) is 3. The van der Waals surface area contributed by atoms with E-state index < -0.39 is 5.97 Å². The van der Waals surface area contributed by atoms with Crippen LogP contribution in [0.5, 0.6) is 0 Å². The summed E-state index contributed by atoms with van der Waals surface area (Å²) in [5, 5.41) is 11.8. The summed E-state index contributed by atoms with van der Waals surface area (Å²) in [6, 6.07) is 0. The molecule has 2 N–H and O–H groups in total. The molecule has 1 rings (SSSR count). The quantitative estimate of drug-likeness (QED) is 0.764. The van der Waals surface area contributed by atoms with E-state index in [0.29, 0.717) is 19.5 Å². The van der Waals surface area contributed by atoms with Crippen LogP contribution in [0.2, 0.25) is 0 Å². The van der Waals surface area contributed by atoms with E-state index in [4.69, 9.17) is 5.11 Å². The molecule has 0 bridgehead atoms. The van der Waals surface area contributed by atoms with Crippen LogP contribution >= 0.6 is 0 Å². The van der Waals surface area contributed by atoms with Crippen LogP contribution in [0, 0.1) is 5.92 Å². The van der Waals surface area contributed by atoms with Gasteiger partial charge in [0.15, 0.2) is 0 Å². The lowest BCUT2D eigenvalue weighted by atomic mass is 9.98. The summed E-state index contributed by atoms with van der Waals surface area (Å²) in [5.74, 6) is -1.12. The van der Waals surface area contributed by atoms with Gasteiger partial charge in [0.05, 0.1) is 12.5 Å². The van der Waals surface area contributed by atoms with Gasteiger partial charge in [0.1, 0.15) is 0 Å². The van der Waals surface area contributed by atoms with E-state index in [1.165, 1.54) is 0 Å². The van der Waals surface area contributed by atoms with E-state index in [0.717, 1.165) is 13.0 Å². The first kappa shape index (κ1) is 14.0. The average Bonchev–Trinajstić information content (AvgIpc) is 2.14. The predicted molar refractivity (Wildman–Crippen MR) is 64.7 cm³/mol. The molecule has 5 heteroatoms. The molecule has 5 nitrogen and oxygen atoms in total. The molecular formula is C12H22N2O3. The highest BCUT2D eigenvalue weighted by Crippen LogP contribution is 2.16. The number of amides is 1. The van der Waals surface area contributed by atoms with Crippen molar-refractivity contribution in [3.63, 3.8) is 0 Å². The van der Waals surface area contributed by atoms with Crippen LogP contribution in [0.4, 0.5) is 0 Å². The van der Waals surface area contributed by atoms with Crippen molar-refractivity contribution in [3.05, 3.63) is 0 Å². The Hall–Kier alpha value is -1.10. The van der Waals surface area contributed by atoms with Crippen molar-refractivity contribution >= 4 is 11.9 Å². The molecule has 0 aromatic heterocycles. The second-order valence-corrected chi connectivity index (χ2v) is 5.71. The first-order valence-electron chi connectivity index (χ1n) is 6.04. The molecular weight excluding hydrogens is 220 g/mol. The molecule has 17 heavy (non-hydrogen) atoms. The highest BCUT2D eigenvalue weighted by Gasteiger charge is 2.26. The van der Waals surface area contributed by atoms with Gasteiger partial charge in [0.2, 0.25) is 5.91 Å². The molecule has 1 saturated heterocycles. The highest BCUT2D eigenvalue weighted by molar-refractivity contribution is 5.79. The van der Waals surface area contributed by atoms with E-state index in [1.54, 1.807) is 0 Å². The van der Waals surface area contributed by atoms with Crippen LogP contribution in [0.3, 0.4) is 0 Å². The van der Waals surface area contributed by atoms with Crippen LogP contribution in [-0.4, -0.2) is 47.1 Å². The summed E-state index contributed by atoms with van der Waals surface area (Å²) in [7, 11) is 0. The first-order valence-corrected chi connectivity index (χ1v) is 6.04. The SMILES string of the molecule is CC(C)(C)NC(=O)CN1CCCC(C(=O)O)C1. The standard InChI is InChI=1S/C12H22N2O3/c1-12(2,3)13-10(15)8-14-6-4-5-9(7-14)11(16)17/h9H,4-8H2,1-3H3,(H,13,15)(H,16,17). The number of likely N-dealkylation sites (tertiary alicyclic amines) is 1. The minimum Gasteiger partial charge on any atom is -0.481 e. The number of nitrogens with zero attached hydrogens (tertiary/aromatic N) is 1. The second-order valence-electron chi connectivity index (χ2n) is 5.71. The van der Waals surface area contributed by atoms with Gasteiger partial charge in [-0.05, 0) is 40.2 Å². The summed E-state index contributed by atoms with van der Waals surface area (Å²) in [6.07, 6.45) is 1.56. The zero-order valence-electron chi connectivity index (χ0n) is 10.8. The number of piperidine rings is 1. The maximum atomic E-state index is 11.7. The normalized spacial score (nSPS) is 22.2. The Balaban J connectivity index is 2.41. The van der Waals surface area contributed by atoms with Crippen molar-refractivity contribution in [1.29, 1.82) is 0 Å². The van der Waals surface area contributed by atoms with Crippen LogP contribution in [0.1, 0.15) is 33.6 Å². The van der Waals surface area contributed by atoms with E-state index in [9.17, 15) is 9.59 Å². The summed E-state index contributed by atoms with van der Waals surface area (Å²) < 4.78 is 0. The molecule has 1 amide bonds. The Morgan fingerprint density at radius 2 is 2.06 bits per heavy atom. The van der Waals surface area contributed by atoms with Crippen LogP contribution < -0.4 is 5.32 Å². The Morgan fingerprint density at radius 1 is 1.41 bits per heavy atom. The number of carbonyl (C=O) groups is 2. The fourth-order valence-corrected chi connectivity index (χ4v) is 2.06. The van der Waals surface area contributed by atoms with Crippen LogP contribution in [0.25, 0.3) is 0 Å². The molecule has 1 aliphatic rings. The molecule has 1 atom stereocenters. The number of rotatable bonds is 3.